The SMILES string of the molecule is O=C(O)[C@@H](Cc1ccccc1C(F)(F)F)NC(=O)[C@H](O)c1ccc(C(F)(F)F)cc1. The summed E-state index contributed by atoms with van der Waals surface area (Å²) in [7, 11) is 0. The molecule has 2 aromatic carbocycles. The Balaban J connectivity index is 2.17. The zero-order valence-electron chi connectivity index (χ0n) is 15.0. The maximum atomic E-state index is 13.1. The third-order valence-corrected chi connectivity index (χ3v) is 4.16. The van der Waals surface area contributed by atoms with Crippen LogP contribution >= 0.6 is 0 Å². The fourth-order valence-corrected chi connectivity index (χ4v) is 2.65. The highest BCUT2D eigenvalue weighted by molar-refractivity contribution is 5.87. The number of aliphatic carboxylic acids is 1. The summed E-state index contributed by atoms with van der Waals surface area (Å²) in [4.78, 5) is 23.6. The topological polar surface area (TPSA) is 86.6 Å². The molecule has 30 heavy (non-hydrogen) atoms. The van der Waals surface area contributed by atoms with Crippen molar-refractivity contribution in [3.8, 4) is 0 Å². The smallest absolute Gasteiger partial charge is 0.416 e. The number of carboxylic acid groups (broad SMARTS) is 1. The predicted molar refractivity (Wildman–Crippen MR) is 91.1 cm³/mol. The van der Waals surface area contributed by atoms with E-state index in [2.05, 4.69) is 0 Å². The lowest BCUT2D eigenvalue weighted by Crippen LogP contribution is -2.44. The summed E-state index contributed by atoms with van der Waals surface area (Å²) in [6, 6.07) is 5.30. The van der Waals surface area contributed by atoms with Gasteiger partial charge in [-0.1, -0.05) is 30.3 Å². The Morgan fingerprint density at radius 1 is 0.900 bits per heavy atom. The number of hydrogen-bond donors (Lipinski definition) is 3. The second-order valence-corrected chi connectivity index (χ2v) is 6.28. The second-order valence-electron chi connectivity index (χ2n) is 6.28. The van der Waals surface area contributed by atoms with Crippen LogP contribution in [0.25, 0.3) is 0 Å². The molecule has 3 N–H and O–H groups in total. The lowest BCUT2D eigenvalue weighted by molar-refractivity contribution is -0.144. The van der Waals surface area contributed by atoms with Crippen LogP contribution < -0.4 is 5.32 Å². The number of carboxylic acids is 1. The highest BCUT2D eigenvalue weighted by Gasteiger charge is 2.35. The molecule has 2 rings (SSSR count). The lowest BCUT2D eigenvalue weighted by Gasteiger charge is -2.20. The molecule has 0 aromatic heterocycles. The molecule has 0 spiro atoms. The van der Waals surface area contributed by atoms with E-state index in [9.17, 15) is 46.1 Å². The largest absolute Gasteiger partial charge is 0.480 e. The normalized spacial score (nSPS) is 14.1. The molecule has 0 aliphatic carbocycles. The Morgan fingerprint density at radius 3 is 1.97 bits per heavy atom. The van der Waals surface area contributed by atoms with Gasteiger partial charge in [-0.2, -0.15) is 26.3 Å². The summed E-state index contributed by atoms with van der Waals surface area (Å²) >= 11 is 0. The number of benzene rings is 2. The van der Waals surface area contributed by atoms with E-state index in [0.29, 0.717) is 12.1 Å². The lowest BCUT2D eigenvalue weighted by atomic mass is 9.99. The fraction of sp³-hybridized carbons (Fsp3) is 0.263. The standard InChI is InChI=1S/C19H15F6NO4/c20-18(21,22)12-7-5-10(6-8-12)15(27)16(28)26-14(17(29)30)9-11-3-1-2-4-13(11)19(23,24)25/h1-8,14-15,27H,9H2,(H,26,28)(H,29,30)/t14-,15-/m1/s1. The molecule has 0 aliphatic rings. The predicted octanol–water partition coefficient (Wildman–Crippen LogP) is 3.57. The van der Waals surface area contributed by atoms with E-state index in [4.69, 9.17) is 0 Å². The minimum atomic E-state index is -4.75. The molecule has 11 heteroatoms. The Labute approximate surface area is 165 Å². The maximum Gasteiger partial charge on any atom is 0.416 e. The number of aliphatic hydroxyl groups is 1. The van der Waals surface area contributed by atoms with Crippen molar-refractivity contribution in [2.75, 3.05) is 0 Å². The summed E-state index contributed by atoms with van der Waals surface area (Å²) in [6.45, 7) is 0. The van der Waals surface area contributed by atoms with Gasteiger partial charge in [0.05, 0.1) is 11.1 Å². The van der Waals surface area contributed by atoms with Crippen molar-refractivity contribution in [1.82, 2.24) is 5.32 Å². The van der Waals surface area contributed by atoms with Crippen LogP contribution in [-0.2, 0) is 28.4 Å². The van der Waals surface area contributed by atoms with Gasteiger partial charge in [-0.25, -0.2) is 4.79 Å². The summed E-state index contributed by atoms with van der Waals surface area (Å²) in [6.07, 6.45) is -12.1. The molecule has 162 valence electrons. The van der Waals surface area contributed by atoms with Crippen LogP contribution in [0.3, 0.4) is 0 Å². The Bertz CT molecular complexity index is 908. The van der Waals surface area contributed by atoms with Crippen LogP contribution in [0.15, 0.2) is 48.5 Å². The Kier molecular flexibility index (Phi) is 6.76. The van der Waals surface area contributed by atoms with E-state index in [-0.39, 0.29) is 11.1 Å². The number of alkyl halides is 6. The maximum absolute atomic E-state index is 13.1. The molecule has 0 saturated heterocycles. The van der Waals surface area contributed by atoms with Gasteiger partial charge in [-0.3, -0.25) is 4.79 Å². The first-order chi connectivity index (χ1) is 13.8. The van der Waals surface area contributed by atoms with E-state index < -0.39 is 53.9 Å². The molecule has 0 fully saturated rings. The molecule has 2 atom stereocenters. The number of halogens is 6. The zero-order chi connectivity index (χ0) is 22.7. The average molecular weight is 435 g/mol. The van der Waals surface area contributed by atoms with Crippen LogP contribution in [0.4, 0.5) is 26.3 Å². The first-order valence-corrected chi connectivity index (χ1v) is 8.34. The van der Waals surface area contributed by atoms with E-state index >= 15 is 0 Å². The first kappa shape index (κ1) is 23.2. The minimum Gasteiger partial charge on any atom is -0.480 e. The molecule has 0 bridgehead atoms. The molecule has 0 unspecified atom stereocenters. The highest BCUT2D eigenvalue weighted by atomic mass is 19.4. The van der Waals surface area contributed by atoms with Crippen LogP contribution in [0.1, 0.15) is 28.4 Å². The molecule has 1 amide bonds. The highest BCUT2D eigenvalue weighted by Crippen LogP contribution is 2.32. The van der Waals surface area contributed by atoms with E-state index in [1.807, 2.05) is 5.32 Å². The van der Waals surface area contributed by atoms with Crippen molar-refractivity contribution in [3.05, 3.63) is 70.8 Å². The number of aliphatic hydroxyl groups excluding tert-OH is 1. The van der Waals surface area contributed by atoms with Crippen molar-refractivity contribution in [1.29, 1.82) is 0 Å². The molecular weight excluding hydrogens is 420 g/mol. The van der Waals surface area contributed by atoms with Gasteiger partial charge in [-0.15, -0.1) is 0 Å². The molecule has 0 aliphatic heterocycles. The second kappa shape index (κ2) is 8.74. The van der Waals surface area contributed by atoms with Crippen molar-refractivity contribution in [2.45, 2.75) is 30.9 Å². The molecule has 2 aromatic rings. The number of carbonyl (C=O) groups excluding carboxylic acids is 1. The third kappa shape index (κ3) is 5.72. The van der Waals surface area contributed by atoms with Crippen molar-refractivity contribution in [2.24, 2.45) is 0 Å². The van der Waals surface area contributed by atoms with Crippen molar-refractivity contribution in [3.63, 3.8) is 0 Å². The van der Waals surface area contributed by atoms with E-state index in [1.165, 1.54) is 6.07 Å². The van der Waals surface area contributed by atoms with E-state index in [1.54, 1.807) is 0 Å². The van der Waals surface area contributed by atoms with Gasteiger partial charge >= 0.3 is 18.3 Å². The first-order valence-electron chi connectivity index (χ1n) is 8.34. The summed E-state index contributed by atoms with van der Waals surface area (Å²) in [5, 5.41) is 21.2. The van der Waals surface area contributed by atoms with Gasteiger partial charge in [0, 0.05) is 6.42 Å². The van der Waals surface area contributed by atoms with Gasteiger partial charge < -0.3 is 15.5 Å². The molecule has 0 heterocycles. The van der Waals surface area contributed by atoms with Crippen molar-refractivity contribution >= 4 is 11.9 Å². The number of amides is 1. The number of rotatable bonds is 6. The molecule has 5 nitrogen and oxygen atoms in total. The van der Waals surface area contributed by atoms with Crippen LogP contribution in [0, 0.1) is 0 Å². The number of hydrogen-bond acceptors (Lipinski definition) is 3. The summed E-state index contributed by atoms with van der Waals surface area (Å²) in [5.41, 5.74) is -2.73. The Hall–Kier alpha value is -3.08. The van der Waals surface area contributed by atoms with E-state index in [0.717, 1.165) is 30.3 Å². The molecular formula is C19H15F6NO4. The fourth-order valence-electron chi connectivity index (χ4n) is 2.65. The third-order valence-electron chi connectivity index (χ3n) is 4.16. The van der Waals surface area contributed by atoms with Gasteiger partial charge in [-0.05, 0) is 29.3 Å². The van der Waals surface area contributed by atoms with Crippen LogP contribution in [-0.4, -0.2) is 28.1 Å². The molecule has 0 saturated carbocycles. The van der Waals surface area contributed by atoms with Gasteiger partial charge in [0.15, 0.2) is 6.10 Å². The minimum absolute atomic E-state index is 0.250. The number of carbonyl (C=O) groups is 2. The monoisotopic (exact) mass is 435 g/mol. The zero-order valence-corrected chi connectivity index (χ0v) is 15.0. The quantitative estimate of drug-likeness (QED) is 0.606. The van der Waals surface area contributed by atoms with Gasteiger partial charge in [0.25, 0.3) is 5.91 Å². The van der Waals surface area contributed by atoms with Gasteiger partial charge in [0.2, 0.25) is 0 Å². The summed E-state index contributed by atoms with van der Waals surface area (Å²) in [5.74, 6) is -2.94. The van der Waals surface area contributed by atoms with Gasteiger partial charge in [0.1, 0.15) is 6.04 Å². The average Bonchev–Trinajstić information content (AvgIpc) is 2.65. The van der Waals surface area contributed by atoms with Crippen LogP contribution in [0.2, 0.25) is 0 Å². The van der Waals surface area contributed by atoms with Crippen molar-refractivity contribution < 1.29 is 46.1 Å². The summed E-state index contributed by atoms with van der Waals surface area (Å²) < 4.78 is 77.0. The number of nitrogens with one attached hydrogen (secondary N) is 1. The van der Waals surface area contributed by atoms with Crippen LogP contribution in [0.5, 0.6) is 0 Å². The Morgan fingerprint density at radius 2 is 1.47 bits per heavy atom. The molecule has 0 radical (unpaired) electrons.